The van der Waals surface area contributed by atoms with E-state index in [2.05, 4.69) is 20.0 Å². The smallest absolute Gasteiger partial charge is 0.354 e. The summed E-state index contributed by atoms with van der Waals surface area (Å²) in [6.07, 6.45) is 7.38. The molecule has 2 heterocycles. The predicted octanol–water partition coefficient (Wildman–Crippen LogP) is 2.97. The number of hydrogen-bond donors (Lipinski definition) is 2. The molecule has 2 N–H and O–H groups in total. The number of nitrogens with one attached hydrogen (secondary N) is 2. The van der Waals surface area contributed by atoms with Crippen LogP contribution in [0.2, 0.25) is 0 Å². The molecular weight excluding hydrogens is 364 g/mol. The summed E-state index contributed by atoms with van der Waals surface area (Å²) in [5.74, 6) is -1.03. The van der Waals surface area contributed by atoms with E-state index in [1.165, 1.54) is 25.5 Å². The minimum Gasteiger partial charge on any atom is -0.464 e. The van der Waals surface area contributed by atoms with Crippen LogP contribution < -0.4 is 5.32 Å². The van der Waals surface area contributed by atoms with E-state index in [1.807, 2.05) is 13.8 Å². The second-order valence-corrected chi connectivity index (χ2v) is 6.87. The van der Waals surface area contributed by atoms with Gasteiger partial charge in [0.25, 0.3) is 11.6 Å². The number of rotatable bonds is 4. The van der Waals surface area contributed by atoms with E-state index in [-0.39, 0.29) is 17.0 Å². The van der Waals surface area contributed by atoms with E-state index >= 15 is 0 Å². The SMILES string of the molecule is COC(=O)c1cc2cc(NC(=O)C3=CC(C)(C)C=CC([N+](=O)[O-])=C3)cnc2[nH]1. The number of H-pyrrole nitrogens is 1. The number of esters is 1. The summed E-state index contributed by atoms with van der Waals surface area (Å²) in [6, 6.07) is 3.20. The maximum absolute atomic E-state index is 12.7. The van der Waals surface area contributed by atoms with Crippen LogP contribution in [0, 0.1) is 15.5 Å². The maximum Gasteiger partial charge on any atom is 0.354 e. The van der Waals surface area contributed by atoms with E-state index in [4.69, 9.17) is 0 Å². The fourth-order valence-electron chi connectivity index (χ4n) is 2.75. The number of ether oxygens (including phenoxy) is 1. The third-order valence-electron chi connectivity index (χ3n) is 4.12. The van der Waals surface area contributed by atoms with Gasteiger partial charge in [-0.2, -0.15) is 0 Å². The van der Waals surface area contributed by atoms with Gasteiger partial charge in [0.05, 0.1) is 23.9 Å². The first-order chi connectivity index (χ1) is 13.2. The van der Waals surface area contributed by atoms with Crippen molar-refractivity contribution >= 4 is 28.6 Å². The van der Waals surface area contributed by atoms with Gasteiger partial charge in [-0.1, -0.05) is 26.0 Å². The van der Waals surface area contributed by atoms with Crippen molar-refractivity contribution in [2.24, 2.45) is 5.41 Å². The van der Waals surface area contributed by atoms with Crippen LogP contribution in [-0.4, -0.2) is 33.9 Å². The zero-order chi connectivity index (χ0) is 20.5. The lowest BCUT2D eigenvalue weighted by Gasteiger charge is -2.14. The normalized spacial score (nSPS) is 15.4. The molecule has 0 radical (unpaired) electrons. The Bertz CT molecular complexity index is 1080. The average Bonchev–Trinajstić information content (AvgIpc) is 2.98. The van der Waals surface area contributed by atoms with Crippen LogP contribution in [0.5, 0.6) is 0 Å². The summed E-state index contributed by atoms with van der Waals surface area (Å²) in [4.78, 5) is 41.9. The number of nitro groups is 1. The number of anilines is 1. The number of aromatic nitrogens is 2. The molecule has 1 aliphatic rings. The molecule has 0 saturated carbocycles. The molecule has 0 spiro atoms. The van der Waals surface area contributed by atoms with Gasteiger partial charge in [-0.25, -0.2) is 9.78 Å². The number of pyridine rings is 1. The van der Waals surface area contributed by atoms with Crippen molar-refractivity contribution < 1.29 is 19.2 Å². The van der Waals surface area contributed by atoms with Gasteiger partial charge in [0.2, 0.25) is 0 Å². The summed E-state index contributed by atoms with van der Waals surface area (Å²) in [5, 5.41) is 14.4. The summed E-state index contributed by atoms with van der Waals surface area (Å²) in [6.45, 7) is 3.69. The van der Waals surface area contributed by atoms with E-state index in [9.17, 15) is 19.7 Å². The van der Waals surface area contributed by atoms with Crippen molar-refractivity contribution in [2.45, 2.75) is 13.8 Å². The fraction of sp³-hybridized carbons (Fsp3) is 0.211. The third-order valence-corrected chi connectivity index (χ3v) is 4.12. The molecule has 1 aliphatic carbocycles. The Kier molecular flexibility index (Phi) is 4.83. The van der Waals surface area contributed by atoms with Crippen LogP contribution in [0.4, 0.5) is 5.69 Å². The van der Waals surface area contributed by atoms with Crippen molar-refractivity contribution in [3.05, 3.63) is 69.7 Å². The lowest BCUT2D eigenvalue weighted by Crippen LogP contribution is -2.16. The zero-order valence-corrected chi connectivity index (χ0v) is 15.5. The largest absolute Gasteiger partial charge is 0.464 e. The van der Waals surface area contributed by atoms with Crippen molar-refractivity contribution in [1.29, 1.82) is 0 Å². The van der Waals surface area contributed by atoms with Crippen LogP contribution in [-0.2, 0) is 9.53 Å². The molecule has 28 heavy (non-hydrogen) atoms. The van der Waals surface area contributed by atoms with Crippen LogP contribution in [0.25, 0.3) is 11.0 Å². The minimum absolute atomic E-state index is 0.172. The first-order valence-electron chi connectivity index (χ1n) is 8.35. The van der Waals surface area contributed by atoms with Gasteiger partial charge in [0, 0.05) is 28.5 Å². The highest BCUT2D eigenvalue weighted by atomic mass is 16.6. The molecule has 0 unspecified atom stereocenters. The number of carbonyl (C=O) groups excluding carboxylic acids is 2. The van der Waals surface area contributed by atoms with Gasteiger partial charge in [0.15, 0.2) is 0 Å². The van der Waals surface area contributed by atoms with E-state index in [1.54, 1.807) is 24.3 Å². The van der Waals surface area contributed by atoms with E-state index in [0.717, 1.165) is 0 Å². The van der Waals surface area contributed by atoms with E-state index in [0.29, 0.717) is 16.7 Å². The Balaban J connectivity index is 1.89. The lowest BCUT2D eigenvalue weighted by molar-refractivity contribution is -0.419. The predicted molar refractivity (Wildman–Crippen MR) is 102 cm³/mol. The van der Waals surface area contributed by atoms with Crippen LogP contribution in [0.1, 0.15) is 24.3 Å². The monoisotopic (exact) mass is 382 g/mol. The lowest BCUT2D eigenvalue weighted by atomic mass is 9.91. The third kappa shape index (κ3) is 3.98. The summed E-state index contributed by atoms with van der Waals surface area (Å²) in [7, 11) is 1.27. The second kappa shape index (κ2) is 7.10. The number of aromatic amines is 1. The molecule has 0 aromatic carbocycles. The number of nitrogens with zero attached hydrogens (tertiary/aromatic N) is 2. The Labute approximate surface area is 159 Å². The molecule has 0 bridgehead atoms. The van der Waals surface area contributed by atoms with Gasteiger partial charge < -0.3 is 15.0 Å². The molecule has 0 atom stereocenters. The molecule has 0 fully saturated rings. The van der Waals surface area contributed by atoms with Gasteiger partial charge in [0.1, 0.15) is 11.3 Å². The molecule has 0 aliphatic heterocycles. The van der Waals surface area contributed by atoms with E-state index < -0.39 is 22.2 Å². The highest BCUT2D eigenvalue weighted by Crippen LogP contribution is 2.27. The number of carbonyl (C=O) groups is 2. The Morgan fingerprint density at radius 3 is 2.75 bits per heavy atom. The Morgan fingerprint density at radius 1 is 1.32 bits per heavy atom. The van der Waals surface area contributed by atoms with Crippen molar-refractivity contribution in [1.82, 2.24) is 9.97 Å². The van der Waals surface area contributed by atoms with Crippen LogP contribution in [0.15, 0.2) is 53.9 Å². The standard InChI is InChI=1S/C19H18N4O5/c1-19(2)5-4-14(23(26)27)7-12(9-19)17(24)21-13-6-11-8-15(18(25)28-3)22-16(11)20-10-13/h4-10H,1-3H3,(H,20,22)(H,21,24). The highest BCUT2D eigenvalue weighted by Gasteiger charge is 2.22. The average molecular weight is 382 g/mol. The summed E-state index contributed by atoms with van der Waals surface area (Å²) < 4.78 is 4.66. The topological polar surface area (TPSA) is 127 Å². The van der Waals surface area contributed by atoms with Gasteiger partial charge in [-0.15, -0.1) is 0 Å². The molecule has 0 saturated heterocycles. The van der Waals surface area contributed by atoms with Crippen molar-refractivity contribution in [3.63, 3.8) is 0 Å². The Hall–Kier alpha value is -3.75. The number of methoxy groups -OCH3 is 1. The molecule has 3 rings (SSSR count). The molecule has 1 amide bonds. The minimum atomic E-state index is -0.541. The van der Waals surface area contributed by atoms with Crippen molar-refractivity contribution in [3.8, 4) is 0 Å². The molecule has 9 nitrogen and oxygen atoms in total. The number of hydrogen-bond acceptors (Lipinski definition) is 6. The number of allylic oxidation sites excluding steroid dienone is 3. The molecule has 9 heteroatoms. The molecule has 144 valence electrons. The molecule has 2 aromatic rings. The molecule has 2 aromatic heterocycles. The summed E-state index contributed by atoms with van der Waals surface area (Å²) in [5.41, 5.74) is 0.568. The molecular formula is C19H18N4O5. The van der Waals surface area contributed by atoms with Crippen LogP contribution >= 0.6 is 0 Å². The highest BCUT2D eigenvalue weighted by molar-refractivity contribution is 6.06. The maximum atomic E-state index is 12.7. The fourth-order valence-corrected chi connectivity index (χ4v) is 2.75. The second-order valence-electron chi connectivity index (χ2n) is 6.87. The first-order valence-corrected chi connectivity index (χ1v) is 8.35. The number of amides is 1. The van der Waals surface area contributed by atoms with Gasteiger partial charge >= 0.3 is 5.97 Å². The quantitative estimate of drug-likeness (QED) is 0.475. The Morgan fingerprint density at radius 2 is 2.07 bits per heavy atom. The summed E-state index contributed by atoms with van der Waals surface area (Å²) >= 11 is 0. The van der Waals surface area contributed by atoms with Crippen LogP contribution in [0.3, 0.4) is 0 Å². The number of fused-ring (bicyclic) bond motifs is 1. The van der Waals surface area contributed by atoms with Gasteiger partial charge in [-0.05, 0) is 12.1 Å². The zero-order valence-electron chi connectivity index (χ0n) is 15.5. The van der Waals surface area contributed by atoms with Crippen molar-refractivity contribution in [2.75, 3.05) is 12.4 Å². The van der Waals surface area contributed by atoms with Gasteiger partial charge in [-0.3, -0.25) is 14.9 Å². The first kappa shape index (κ1) is 19.0.